The number of esters is 2. The lowest BCUT2D eigenvalue weighted by atomic mass is 9.68. The van der Waals surface area contributed by atoms with E-state index in [4.69, 9.17) is 23.7 Å². The fourth-order valence-electron chi connectivity index (χ4n) is 9.18. The average molecular weight is 811 g/mol. The summed E-state index contributed by atoms with van der Waals surface area (Å²) in [5.74, 6) is -5.17. The number of phenols is 8. The standard InChI is InChI=1S/C45H30O15/c1-56-38-30(53)13-22(35-39(38)60-43(55)45(35)37-29(52)15-27(50)18-33(37)58-41(45)20-6-10-24(47)11-7-20)3-2-21-12-25(48)16-31-34(21)44(42(54)59-31)36-28(51)14-26(49)17-32(36)57-40(44)19-4-8-23(46)9-5-19/h2-18,40-41,46-53H,1H3/b3-2+/t40-,41-,44+,45+/m1/s1. The molecule has 6 aromatic carbocycles. The molecule has 300 valence electrons. The number of hydrogen-bond donors (Lipinski definition) is 8. The topological polar surface area (TPSA) is 242 Å². The highest BCUT2D eigenvalue weighted by atomic mass is 16.6. The van der Waals surface area contributed by atoms with Crippen LogP contribution in [0, 0.1) is 0 Å². The summed E-state index contributed by atoms with van der Waals surface area (Å²) in [5, 5.41) is 86.5. The smallest absolute Gasteiger partial charge is 0.331 e. The number of phenolic OH excluding ortho intramolecular Hbond substituents is 8. The summed E-state index contributed by atoms with van der Waals surface area (Å²) in [6.07, 6.45) is 0.367. The van der Waals surface area contributed by atoms with Gasteiger partial charge in [-0.2, -0.15) is 0 Å². The van der Waals surface area contributed by atoms with Gasteiger partial charge in [0.15, 0.2) is 22.3 Å². The van der Waals surface area contributed by atoms with Crippen LogP contribution < -0.4 is 23.7 Å². The van der Waals surface area contributed by atoms with Crippen LogP contribution in [0.2, 0.25) is 0 Å². The fourth-order valence-corrected chi connectivity index (χ4v) is 9.18. The highest BCUT2D eigenvalue weighted by Gasteiger charge is 2.67. The van der Waals surface area contributed by atoms with E-state index in [2.05, 4.69) is 0 Å². The third-order valence-electron chi connectivity index (χ3n) is 11.4. The van der Waals surface area contributed by atoms with Crippen molar-refractivity contribution in [1.82, 2.24) is 0 Å². The predicted octanol–water partition coefficient (Wildman–Crippen LogP) is 6.19. The highest BCUT2D eigenvalue weighted by molar-refractivity contribution is 6.03. The van der Waals surface area contributed by atoms with Gasteiger partial charge in [-0.1, -0.05) is 36.4 Å². The van der Waals surface area contributed by atoms with Crippen molar-refractivity contribution in [2.45, 2.75) is 23.0 Å². The van der Waals surface area contributed by atoms with Crippen molar-refractivity contribution in [3.63, 3.8) is 0 Å². The minimum Gasteiger partial charge on any atom is -0.508 e. The van der Waals surface area contributed by atoms with Crippen LogP contribution in [0.25, 0.3) is 12.2 Å². The first-order valence-electron chi connectivity index (χ1n) is 18.3. The Morgan fingerprint density at radius 2 is 0.950 bits per heavy atom. The molecule has 0 saturated heterocycles. The van der Waals surface area contributed by atoms with E-state index in [1.807, 2.05) is 0 Å². The van der Waals surface area contributed by atoms with Gasteiger partial charge in [0.1, 0.15) is 69.7 Å². The van der Waals surface area contributed by atoms with Gasteiger partial charge in [-0.3, -0.25) is 9.59 Å². The Labute approximate surface area is 338 Å². The first kappa shape index (κ1) is 36.2. The van der Waals surface area contributed by atoms with Gasteiger partial charge in [0, 0.05) is 41.5 Å². The molecule has 8 N–H and O–H groups in total. The van der Waals surface area contributed by atoms with Gasteiger partial charge < -0.3 is 64.5 Å². The normalized spacial score (nSPS) is 21.6. The molecule has 0 unspecified atom stereocenters. The molecule has 0 amide bonds. The minimum absolute atomic E-state index is 0.0418. The van der Waals surface area contributed by atoms with E-state index < -0.39 is 52.2 Å². The van der Waals surface area contributed by atoms with Gasteiger partial charge in [-0.05, 0) is 58.7 Å². The lowest BCUT2D eigenvalue weighted by Crippen LogP contribution is -2.40. The zero-order valence-electron chi connectivity index (χ0n) is 30.9. The second-order valence-electron chi connectivity index (χ2n) is 14.7. The quantitative estimate of drug-likeness (QED) is 0.0550. The Morgan fingerprint density at radius 3 is 1.47 bits per heavy atom. The first-order chi connectivity index (χ1) is 28.8. The lowest BCUT2D eigenvalue weighted by molar-refractivity contribution is -0.139. The number of aromatic hydroxyl groups is 8. The van der Waals surface area contributed by atoms with Gasteiger partial charge in [0.2, 0.25) is 5.75 Å². The SMILES string of the molecule is COc1c(O)cc(/C=C/c2cc(O)cc3c2[C@]2(C(=O)O3)c3c(O)cc(O)cc3O[C@@H]2c2ccc(O)cc2)c2c1OC(=O)[C@]21c2c(O)cc(O)cc2O[C@@H]1c1ccc(O)cc1. The molecule has 0 bridgehead atoms. The maximum absolute atomic E-state index is 14.6. The molecule has 15 heteroatoms. The van der Waals surface area contributed by atoms with Crippen molar-refractivity contribution in [2.24, 2.45) is 0 Å². The molecule has 0 saturated carbocycles. The number of benzene rings is 6. The Morgan fingerprint density at radius 1 is 0.500 bits per heavy atom. The van der Waals surface area contributed by atoms with Crippen LogP contribution in [0.4, 0.5) is 0 Å². The zero-order valence-corrected chi connectivity index (χ0v) is 30.9. The van der Waals surface area contributed by atoms with E-state index in [0.29, 0.717) is 11.1 Å². The Balaban J connectivity index is 1.23. The Hall–Kier alpha value is -8.20. The summed E-state index contributed by atoms with van der Waals surface area (Å²) in [6, 6.07) is 20.0. The van der Waals surface area contributed by atoms with E-state index >= 15 is 0 Å². The molecule has 0 aromatic heterocycles. The predicted molar refractivity (Wildman–Crippen MR) is 207 cm³/mol. The first-order valence-corrected chi connectivity index (χ1v) is 18.3. The van der Waals surface area contributed by atoms with Crippen molar-refractivity contribution in [3.8, 4) is 74.7 Å². The third-order valence-corrected chi connectivity index (χ3v) is 11.4. The van der Waals surface area contributed by atoms with Crippen LogP contribution in [-0.2, 0) is 20.4 Å². The van der Waals surface area contributed by atoms with Crippen LogP contribution in [0.15, 0.2) is 91.0 Å². The van der Waals surface area contributed by atoms with E-state index in [1.165, 1.54) is 98.1 Å². The second-order valence-corrected chi connectivity index (χ2v) is 14.7. The molecule has 0 radical (unpaired) electrons. The Bertz CT molecular complexity index is 2900. The molecule has 15 nitrogen and oxygen atoms in total. The second kappa shape index (κ2) is 12.4. The van der Waals surface area contributed by atoms with E-state index in [-0.39, 0.29) is 90.9 Å². The van der Waals surface area contributed by atoms with Crippen molar-refractivity contribution >= 4 is 24.1 Å². The molecule has 4 heterocycles. The van der Waals surface area contributed by atoms with Gasteiger partial charge in [0.05, 0.1) is 18.2 Å². The van der Waals surface area contributed by atoms with Crippen LogP contribution in [-0.4, -0.2) is 59.9 Å². The molecule has 6 aromatic rings. The van der Waals surface area contributed by atoms with Crippen molar-refractivity contribution < 1.29 is 74.1 Å². The molecule has 4 aliphatic rings. The van der Waals surface area contributed by atoms with Crippen LogP contribution >= 0.6 is 0 Å². The average Bonchev–Trinajstić information content (AvgIpc) is 3.90. The number of ether oxygens (including phenoxy) is 5. The molecule has 2 spiro atoms. The number of hydrogen-bond acceptors (Lipinski definition) is 15. The molecule has 4 aliphatic heterocycles. The van der Waals surface area contributed by atoms with Gasteiger partial charge >= 0.3 is 11.9 Å². The number of carbonyl (C=O) groups excluding carboxylic acids is 2. The van der Waals surface area contributed by atoms with Gasteiger partial charge in [-0.15, -0.1) is 0 Å². The summed E-state index contributed by atoms with van der Waals surface area (Å²) >= 11 is 0. The van der Waals surface area contributed by atoms with E-state index in [0.717, 1.165) is 12.1 Å². The maximum atomic E-state index is 14.6. The number of methoxy groups -OCH3 is 1. The zero-order chi connectivity index (χ0) is 42.0. The molecular weight excluding hydrogens is 780 g/mol. The number of rotatable bonds is 5. The summed E-state index contributed by atoms with van der Waals surface area (Å²) in [4.78, 5) is 29.1. The van der Waals surface area contributed by atoms with Gasteiger partial charge in [-0.25, -0.2) is 0 Å². The molecule has 10 rings (SSSR count). The van der Waals surface area contributed by atoms with Crippen LogP contribution in [0.3, 0.4) is 0 Å². The lowest BCUT2D eigenvalue weighted by Gasteiger charge is -2.29. The maximum Gasteiger partial charge on any atom is 0.331 e. The highest BCUT2D eigenvalue weighted by Crippen LogP contribution is 2.67. The van der Waals surface area contributed by atoms with E-state index in [1.54, 1.807) is 0 Å². The van der Waals surface area contributed by atoms with Gasteiger partial charge in [0.25, 0.3) is 0 Å². The molecular formula is C45H30O15. The molecule has 60 heavy (non-hydrogen) atoms. The van der Waals surface area contributed by atoms with Crippen LogP contribution in [0.1, 0.15) is 56.7 Å². The molecule has 4 atom stereocenters. The Kier molecular flexibility index (Phi) is 7.47. The molecule has 0 aliphatic carbocycles. The summed E-state index contributed by atoms with van der Waals surface area (Å²) in [7, 11) is 1.25. The van der Waals surface area contributed by atoms with E-state index in [9.17, 15) is 50.4 Å². The largest absolute Gasteiger partial charge is 0.508 e. The van der Waals surface area contributed by atoms with Crippen molar-refractivity contribution in [3.05, 3.63) is 136 Å². The fraction of sp³-hybridized carbons (Fsp3) is 0.111. The number of carbonyl (C=O) groups is 2. The van der Waals surface area contributed by atoms with Crippen LogP contribution in [0.5, 0.6) is 74.7 Å². The minimum atomic E-state index is -2.04. The third kappa shape index (κ3) is 4.70. The van der Waals surface area contributed by atoms with Crippen molar-refractivity contribution in [2.75, 3.05) is 7.11 Å². The molecule has 0 fully saturated rings. The summed E-state index contributed by atoms with van der Waals surface area (Å²) in [5.41, 5.74) is -3.00. The summed E-state index contributed by atoms with van der Waals surface area (Å²) in [6.45, 7) is 0. The number of fused-ring (bicyclic) bond motifs is 8. The van der Waals surface area contributed by atoms with Crippen molar-refractivity contribution in [1.29, 1.82) is 0 Å². The summed E-state index contributed by atoms with van der Waals surface area (Å²) < 4.78 is 30.0. The monoisotopic (exact) mass is 810 g/mol.